The lowest BCUT2D eigenvalue weighted by Crippen LogP contribution is -2.33. The predicted molar refractivity (Wildman–Crippen MR) is 77.4 cm³/mol. The first-order chi connectivity index (χ1) is 8.92. The van der Waals surface area contributed by atoms with Gasteiger partial charge in [0.1, 0.15) is 0 Å². The molecule has 5 heteroatoms. The molecule has 0 saturated heterocycles. The van der Waals surface area contributed by atoms with Gasteiger partial charge in [-0.05, 0) is 49.3 Å². The molecule has 4 nitrogen and oxygen atoms in total. The second kappa shape index (κ2) is 5.51. The van der Waals surface area contributed by atoms with E-state index in [1.165, 1.54) is 0 Å². The van der Waals surface area contributed by atoms with Gasteiger partial charge in [-0.2, -0.15) is 0 Å². The van der Waals surface area contributed by atoms with Crippen LogP contribution in [0.1, 0.15) is 38.7 Å². The molecule has 1 aliphatic rings. The first-order valence-corrected chi connectivity index (χ1v) is 8.31. The highest BCUT2D eigenvalue weighted by molar-refractivity contribution is 7.89. The van der Waals surface area contributed by atoms with Crippen molar-refractivity contribution in [1.29, 1.82) is 0 Å². The number of sulfonamides is 1. The van der Waals surface area contributed by atoms with E-state index in [-0.39, 0.29) is 10.9 Å². The second-order valence-electron chi connectivity index (χ2n) is 5.45. The number of nitrogen functional groups attached to an aromatic ring is 1. The van der Waals surface area contributed by atoms with Crippen molar-refractivity contribution in [2.45, 2.75) is 50.5 Å². The summed E-state index contributed by atoms with van der Waals surface area (Å²) in [7, 11) is -3.44. The fourth-order valence-electron chi connectivity index (χ4n) is 2.66. The summed E-state index contributed by atoms with van der Waals surface area (Å²) in [6.07, 6.45) is 3.73. The van der Waals surface area contributed by atoms with Crippen LogP contribution in [0.2, 0.25) is 0 Å². The number of nitrogens with one attached hydrogen (secondary N) is 1. The fourth-order valence-corrected chi connectivity index (χ4v) is 3.98. The molecule has 0 radical (unpaired) electrons. The Balaban J connectivity index is 2.17. The topological polar surface area (TPSA) is 72.2 Å². The van der Waals surface area contributed by atoms with Gasteiger partial charge in [0.2, 0.25) is 10.0 Å². The molecule has 0 aliphatic heterocycles. The molecule has 3 N–H and O–H groups in total. The van der Waals surface area contributed by atoms with Gasteiger partial charge in [0.15, 0.2) is 0 Å². The molecule has 0 amide bonds. The summed E-state index contributed by atoms with van der Waals surface area (Å²) in [4.78, 5) is 0.266. The number of hydrogen-bond donors (Lipinski definition) is 2. The highest BCUT2D eigenvalue weighted by atomic mass is 32.2. The maximum atomic E-state index is 12.3. The highest BCUT2D eigenvalue weighted by Crippen LogP contribution is 2.26. The lowest BCUT2D eigenvalue weighted by Gasteiger charge is -2.14. The van der Waals surface area contributed by atoms with Crippen LogP contribution < -0.4 is 10.5 Å². The Morgan fingerprint density at radius 3 is 2.63 bits per heavy atom. The lowest BCUT2D eigenvalue weighted by molar-refractivity contribution is 0.538. The van der Waals surface area contributed by atoms with E-state index in [0.29, 0.717) is 11.6 Å². The quantitative estimate of drug-likeness (QED) is 0.832. The zero-order valence-corrected chi connectivity index (χ0v) is 12.3. The van der Waals surface area contributed by atoms with Gasteiger partial charge in [-0.1, -0.05) is 19.9 Å². The second-order valence-corrected chi connectivity index (χ2v) is 7.16. The van der Waals surface area contributed by atoms with E-state index in [9.17, 15) is 8.42 Å². The van der Waals surface area contributed by atoms with Gasteiger partial charge in [-0.25, -0.2) is 13.1 Å². The van der Waals surface area contributed by atoms with Crippen LogP contribution in [0.5, 0.6) is 0 Å². The van der Waals surface area contributed by atoms with E-state index in [0.717, 1.165) is 31.2 Å². The Hall–Kier alpha value is -1.07. The summed E-state index contributed by atoms with van der Waals surface area (Å²) in [5.41, 5.74) is 7.39. The Morgan fingerprint density at radius 2 is 2.11 bits per heavy atom. The van der Waals surface area contributed by atoms with Crippen molar-refractivity contribution in [3.05, 3.63) is 23.8 Å². The van der Waals surface area contributed by atoms with Crippen LogP contribution in [0, 0.1) is 5.92 Å². The van der Waals surface area contributed by atoms with Gasteiger partial charge < -0.3 is 5.73 Å². The molecule has 19 heavy (non-hydrogen) atoms. The van der Waals surface area contributed by atoms with Crippen LogP contribution in [0.4, 0.5) is 5.69 Å². The SMILES string of the molecule is CCc1ccc(S(=O)(=O)NC2CCC(C)C2)cc1N. The summed E-state index contributed by atoms with van der Waals surface area (Å²) in [5, 5.41) is 0. The zero-order valence-electron chi connectivity index (χ0n) is 11.5. The van der Waals surface area contributed by atoms with E-state index in [2.05, 4.69) is 11.6 Å². The summed E-state index contributed by atoms with van der Waals surface area (Å²) in [6, 6.07) is 5.04. The molecule has 2 atom stereocenters. The van der Waals surface area contributed by atoms with Crippen LogP contribution in [0.15, 0.2) is 23.1 Å². The molecule has 2 unspecified atom stereocenters. The van der Waals surface area contributed by atoms with Crippen LogP contribution in [0.25, 0.3) is 0 Å². The number of rotatable bonds is 4. The van der Waals surface area contributed by atoms with E-state index in [1.54, 1.807) is 18.2 Å². The normalized spacial score (nSPS) is 23.7. The van der Waals surface area contributed by atoms with Crippen molar-refractivity contribution in [3.63, 3.8) is 0 Å². The smallest absolute Gasteiger partial charge is 0.240 e. The van der Waals surface area contributed by atoms with Crippen molar-refractivity contribution in [1.82, 2.24) is 4.72 Å². The molecule has 1 aromatic rings. The molecule has 0 aromatic heterocycles. The van der Waals surface area contributed by atoms with Crippen LogP contribution in [0.3, 0.4) is 0 Å². The molecule has 106 valence electrons. The Kier molecular flexibility index (Phi) is 4.16. The third kappa shape index (κ3) is 3.28. The minimum atomic E-state index is -3.44. The van der Waals surface area contributed by atoms with Crippen LogP contribution >= 0.6 is 0 Å². The van der Waals surface area contributed by atoms with Crippen LogP contribution in [-0.4, -0.2) is 14.5 Å². The molecule has 0 spiro atoms. The van der Waals surface area contributed by atoms with E-state index in [4.69, 9.17) is 5.73 Å². The van der Waals surface area contributed by atoms with Gasteiger partial charge in [-0.3, -0.25) is 0 Å². The van der Waals surface area contributed by atoms with Gasteiger partial charge in [-0.15, -0.1) is 0 Å². The highest BCUT2D eigenvalue weighted by Gasteiger charge is 2.26. The van der Waals surface area contributed by atoms with Gasteiger partial charge >= 0.3 is 0 Å². The van der Waals surface area contributed by atoms with Gasteiger partial charge in [0.25, 0.3) is 0 Å². The summed E-state index contributed by atoms with van der Waals surface area (Å²) < 4.78 is 27.3. The number of nitrogens with two attached hydrogens (primary N) is 1. The van der Waals surface area contributed by atoms with Crippen molar-refractivity contribution in [3.8, 4) is 0 Å². The first kappa shape index (κ1) is 14.3. The average molecular weight is 282 g/mol. The standard InChI is InChI=1S/C14H22N2O2S/c1-3-11-5-7-13(9-14(11)15)19(17,18)16-12-6-4-10(2)8-12/h5,7,9-10,12,16H,3-4,6,8,15H2,1-2H3. The molecule has 2 rings (SSSR count). The number of benzene rings is 1. The molecule has 1 saturated carbocycles. The molecule has 0 heterocycles. The molecule has 0 bridgehead atoms. The zero-order chi connectivity index (χ0) is 14.0. The van der Waals surface area contributed by atoms with Crippen molar-refractivity contribution in [2.24, 2.45) is 5.92 Å². The largest absolute Gasteiger partial charge is 0.398 e. The molecular formula is C14H22N2O2S. The fraction of sp³-hybridized carbons (Fsp3) is 0.571. The van der Waals surface area contributed by atoms with Gasteiger partial charge in [0.05, 0.1) is 4.90 Å². The van der Waals surface area contributed by atoms with E-state index < -0.39 is 10.0 Å². The number of aryl methyl sites for hydroxylation is 1. The third-order valence-electron chi connectivity index (χ3n) is 3.83. The maximum Gasteiger partial charge on any atom is 0.240 e. The maximum absolute atomic E-state index is 12.3. The Labute approximate surface area is 115 Å². The molecule has 1 aromatic carbocycles. The van der Waals surface area contributed by atoms with E-state index in [1.807, 2.05) is 6.92 Å². The average Bonchev–Trinajstić information content (AvgIpc) is 2.73. The lowest BCUT2D eigenvalue weighted by atomic mass is 10.1. The predicted octanol–water partition coefficient (Wildman–Crippen LogP) is 2.30. The summed E-state index contributed by atoms with van der Waals surface area (Å²) in [6.45, 7) is 4.15. The molecular weight excluding hydrogens is 260 g/mol. The Bertz CT molecular complexity index is 555. The van der Waals surface area contributed by atoms with Crippen LogP contribution in [-0.2, 0) is 16.4 Å². The Morgan fingerprint density at radius 1 is 1.37 bits per heavy atom. The number of hydrogen-bond acceptors (Lipinski definition) is 3. The van der Waals surface area contributed by atoms with Crippen molar-refractivity contribution < 1.29 is 8.42 Å². The summed E-state index contributed by atoms with van der Waals surface area (Å²) >= 11 is 0. The minimum absolute atomic E-state index is 0.0621. The van der Waals surface area contributed by atoms with Crippen molar-refractivity contribution >= 4 is 15.7 Å². The first-order valence-electron chi connectivity index (χ1n) is 6.83. The number of anilines is 1. The van der Waals surface area contributed by atoms with E-state index >= 15 is 0 Å². The minimum Gasteiger partial charge on any atom is -0.398 e. The van der Waals surface area contributed by atoms with Crippen molar-refractivity contribution in [2.75, 3.05) is 5.73 Å². The molecule has 1 aliphatic carbocycles. The summed E-state index contributed by atoms with van der Waals surface area (Å²) in [5.74, 6) is 0.597. The monoisotopic (exact) mass is 282 g/mol. The third-order valence-corrected chi connectivity index (χ3v) is 5.34. The van der Waals surface area contributed by atoms with Gasteiger partial charge in [0, 0.05) is 11.7 Å². The molecule has 1 fully saturated rings.